The van der Waals surface area contributed by atoms with E-state index in [1.165, 1.54) is 0 Å². The molecule has 1 aliphatic rings. The highest BCUT2D eigenvalue weighted by Gasteiger charge is 2.26. The molecule has 0 bridgehead atoms. The van der Waals surface area contributed by atoms with E-state index >= 15 is 0 Å². The summed E-state index contributed by atoms with van der Waals surface area (Å²) >= 11 is 3.54. The molecule has 1 fully saturated rings. The van der Waals surface area contributed by atoms with Crippen LogP contribution in [-0.4, -0.2) is 27.3 Å². The molecule has 0 spiro atoms. The van der Waals surface area contributed by atoms with Crippen molar-refractivity contribution in [3.8, 4) is 0 Å². The fourth-order valence-electron chi connectivity index (χ4n) is 3.88. The zero-order valence-electron chi connectivity index (χ0n) is 13.8. The highest BCUT2D eigenvalue weighted by Crippen LogP contribution is 2.33. The van der Waals surface area contributed by atoms with Crippen molar-refractivity contribution in [2.24, 2.45) is 7.05 Å². The summed E-state index contributed by atoms with van der Waals surface area (Å²) in [7, 11) is 3.60. The Hall–Kier alpha value is -1.66. The molecule has 0 saturated heterocycles. The van der Waals surface area contributed by atoms with E-state index in [4.69, 9.17) is 4.74 Å². The number of methoxy groups -OCH3 is 1. The van der Waals surface area contributed by atoms with E-state index in [1.807, 2.05) is 29.9 Å². The highest BCUT2D eigenvalue weighted by atomic mass is 79.9. The van der Waals surface area contributed by atoms with Gasteiger partial charge < -0.3 is 4.74 Å². The Kier molecular flexibility index (Phi) is 3.96. The van der Waals surface area contributed by atoms with Crippen molar-refractivity contribution in [3.05, 3.63) is 39.4 Å². The van der Waals surface area contributed by atoms with Crippen LogP contribution < -0.4 is 5.69 Å². The number of halogens is 1. The standard InChI is InChI=1S/C18H20BrN3O2/c1-21-16-10-20-15-8-3-11(19)9-14(15)17(16)22(18(21)23)12-4-6-13(24-2)7-5-12/h3,8-10,12-13H,4-7H2,1-2H3/t12-,13-. The molecule has 4 rings (SSSR count). The van der Waals surface area contributed by atoms with Crippen LogP contribution >= 0.6 is 15.9 Å². The zero-order valence-corrected chi connectivity index (χ0v) is 15.4. The van der Waals surface area contributed by atoms with E-state index in [0.29, 0.717) is 6.10 Å². The van der Waals surface area contributed by atoms with Gasteiger partial charge in [-0.15, -0.1) is 0 Å². The molecule has 2 aromatic heterocycles. The lowest BCUT2D eigenvalue weighted by atomic mass is 9.92. The van der Waals surface area contributed by atoms with E-state index in [1.54, 1.807) is 11.7 Å². The molecule has 0 N–H and O–H groups in total. The van der Waals surface area contributed by atoms with Crippen LogP contribution in [0.1, 0.15) is 31.7 Å². The summed E-state index contributed by atoms with van der Waals surface area (Å²) in [5.74, 6) is 0. The minimum absolute atomic E-state index is 0.0418. The molecule has 0 aliphatic heterocycles. The van der Waals surface area contributed by atoms with Crippen LogP contribution in [0.25, 0.3) is 21.9 Å². The van der Waals surface area contributed by atoms with Crippen molar-refractivity contribution in [1.82, 2.24) is 14.1 Å². The summed E-state index contributed by atoms with van der Waals surface area (Å²) in [6, 6.07) is 6.25. The largest absolute Gasteiger partial charge is 0.381 e. The van der Waals surface area contributed by atoms with Gasteiger partial charge in [-0.05, 0) is 43.9 Å². The monoisotopic (exact) mass is 389 g/mol. The molecule has 0 unspecified atom stereocenters. The predicted octanol–water partition coefficient (Wildman–Crippen LogP) is 3.78. The normalized spacial score (nSPS) is 21.6. The molecule has 2 heterocycles. The molecular formula is C18H20BrN3O2. The van der Waals surface area contributed by atoms with Gasteiger partial charge in [0.15, 0.2) is 0 Å². The fraction of sp³-hybridized carbons (Fsp3) is 0.444. The van der Waals surface area contributed by atoms with Crippen molar-refractivity contribution >= 4 is 37.9 Å². The van der Waals surface area contributed by atoms with Gasteiger partial charge in [0.05, 0.1) is 28.9 Å². The van der Waals surface area contributed by atoms with Crippen LogP contribution in [0.5, 0.6) is 0 Å². The number of rotatable bonds is 2. The van der Waals surface area contributed by atoms with Crippen LogP contribution in [0.3, 0.4) is 0 Å². The van der Waals surface area contributed by atoms with Gasteiger partial charge in [-0.1, -0.05) is 15.9 Å². The maximum absolute atomic E-state index is 12.9. The van der Waals surface area contributed by atoms with Crippen LogP contribution in [0, 0.1) is 0 Å². The van der Waals surface area contributed by atoms with Crippen molar-refractivity contribution in [2.75, 3.05) is 7.11 Å². The Labute approximate surface area is 148 Å². The zero-order chi connectivity index (χ0) is 16.8. The first-order chi connectivity index (χ1) is 11.6. The summed E-state index contributed by atoms with van der Waals surface area (Å²) in [5.41, 5.74) is 2.84. The van der Waals surface area contributed by atoms with Gasteiger partial charge in [0.25, 0.3) is 0 Å². The molecule has 5 nitrogen and oxygen atoms in total. The number of pyridine rings is 1. The molecule has 3 aromatic rings. The number of fused-ring (bicyclic) bond motifs is 3. The summed E-state index contributed by atoms with van der Waals surface area (Å²) in [6.45, 7) is 0. The summed E-state index contributed by atoms with van der Waals surface area (Å²) < 4.78 is 10.2. The van der Waals surface area contributed by atoms with E-state index in [2.05, 4.69) is 27.0 Å². The molecular weight excluding hydrogens is 370 g/mol. The van der Waals surface area contributed by atoms with Crippen LogP contribution in [0.2, 0.25) is 0 Å². The van der Waals surface area contributed by atoms with Gasteiger partial charge in [0.1, 0.15) is 0 Å². The van der Waals surface area contributed by atoms with Crippen LogP contribution in [0.15, 0.2) is 33.7 Å². The SMILES string of the molecule is CO[C@H]1CC[C@H](n2c(=O)n(C)c3cnc4ccc(Br)cc4c32)CC1. The van der Waals surface area contributed by atoms with E-state index < -0.39 is 0 Å². The van der Waals surface area contributed by atoms with Gasteiger partial charge in [-0.3, -0.25) is 14.1 Å². The minimum Gasteiger partial charge on any atom is -0.381 e. The van der Waals surface area contributed by atoms with E-state index in [-0.39, 0.29) is 11.7 Å². The third-order valence-electron chi connectivity index (χ3n) is 5.22. The van der Waals surface area contributed by atoms with Crippen molar-refractivity contribution in [2.45, 2.75) is 37.8 Å². The Morgan fingerprint density at radius 3 is 2.71 bits per heavy atom. The summed E-state index contributed by atoms with van der Waals surface area (Å²) in [4.78, 5) is 17.4. The lowest BCUT2D eigenvalue weighted by molar-refractivity contribution is 0.0585. The first kappa shape index (κ1) is 15.8. The van der Waals surface area contributed by atoms with Crippen LogP contribution in [-0.2, 0) is 11.8 Å². The van der Waals surface area contributed by atoms with Crippen molar-refractivity contribution in [1.29, 1.82) is 0 Å². The van der Waals surface area contributed by atoms with Gasteiger partial charge in [0, 0.05) is 30.1 Å². The minimum atomic E-state index is 0.0418. The Balaban J connectivity index is 1.96. The second-order valence-corrected chi connectivity index (χ2v) is 7.45. The molecule has 24 heavy (non-hydrogen) atoms. The second-order valence-electron chi connectivity index (χ2n) is 6.53. The van der Waals surface area contributed by atoms with Gasteiger partial charge >= 0.3 is 5.69 Å². The Bertz CT molecular complexity index is 968. The number of ether oxygens (including phenoxy) is 1. The molecule has 6 heteroatoms. The first-order valence-corrected chi connectivity index (χ1v) is 9.07. The molecule has 1 aliphatic carbocycles. The average molecular weight is 390 g/mol. The maximum Gasteiger partial charge on any atom is 0.329 e. The third kappa shape index (κ3) is 2.40. The van der Waals surface area contributed by atoms with E-state index in [9.17, 15) is 4.79 Å². The fourth-order valence-corrected chi connectivity index (χ4v) is 4.24. The number of hydrogen-bond acceptors (Lipinski definition) is 3. The molecule has 126 valence electrons. The lowest BCUT2D eigenvalue weighted by Gasteiger charge is -2.28. The summed E-state index contributed by atoms with van der Waals surface area (Å²) in [6.07, 6.45) is 6.06. The Morgan fingerprint density at radius 1 is 1.25 bits per heavy atom. The number of aryl methyl sites for hydroxylation is 1. The Morgan fingerprint density at radius 2 is 2.00 bits per heavy atom. The number of imidazole rings is 1. The third-order valence-corrected chi connectivity index (χ3v) is 5.71. The molecule has 0 radical (unpaired) electrons. The quantitative estimate of drug-likeness (QED) is 0.669. The molecule has 0 atom stereocenters. The van der Waals surface area contributed by atoms with E-state index in [0.717, 1.165) is 52.1 Å². The van der Waals surface area contributed by atoms with Crippen molar-refractivity contribution < 1.29 is 4.74 Å². The average Bonchev–Trinajstić information content (AvgIpc) is 2.87. The lowest BCUT2D eigenvalue weighted by Crippen LogP contribution is -2.30. The van der Waals surface area contributed by atoms with Gasteiger partial charge in [0.2, 0.25) is 0 Å². The predicted molar refractivity (Wildman–Crippen MR) is 98.5 cm³/mol. The molecule has 0 amide bonds. The number of benzene rings is 1. The molecule has 1 saturated carbocycles. The highest BCUT2D eigenvalue weighted by molar-refractivity contribution is 9.10. The topological polar surface area (TPSA) is 49.0 Å². The van der Waals surface area contributed by atoms with Crippen molar-refractivity contribution in [3.63, 3.8) is 0 Å². The molecule has 1 aromatic carbocycles. The number of nitrogens with zero attached hydrogens (tertiary/aromatic N) is 3. The first-order valence-electron chi connectivity index (χ1n) is 8.28. The number of aromatic nitrogens is 3. The smallest absolute Gasteiger partial charge is 0.329 e. The maximum atomic E-state index is 12.9. The van der Waals surface area contributed by atoms with Crippen LogP contribution in [0.4, 0.5) is 0 Å². The van der Waals surface area contributed by atoms with Gasteiger partial charge in [-0.25, -0.2) is 4.79 Å². The van der Waals surface area contributed by atoms with Gasteiger partial charge in [-0.2, -0.15) is 0 Å². The summed E-state index contributed by atoms with van der Waals surface area (Å²) in [5, 5.41) is 1.02. The second kappa shape index (κ2) is 6.01. The number of hydrogen-bond donors (Lipinski definition) is 0.